The van der Waals surface area contributed by atoms with Gasteiger partial charge in [0.05, 0.1) is 6.54 Å². The second-order valence-electron chi connectivity index (χ2n) is 3.80. The summed E-state index contributed by atoms with van der Waals surface area (Å²) in [6.07, 6.45) is 0. The molecule has 1 rings (SSSR count). The van der Waals surface area contributed by atoms with E-state index in [1.807, 2.05) is 13.8 Å². The van der Waals surface area contributed by atoms with Crippen molar-refractivity contribution in [2.45, 2.75) is 39.4 Å². The molecule has 7 nitrogen and oxygen atoms in total. The van der Waals surface area contributed by atoms with Gasteiger partial charge in [-0.05, 0) is 6.92 Å². The lowest BCUT2D eigenvalue weighted by Gasteiger charge is -2.06. The molecule has 0 aliphatic rings. The summed E-state index contributed by atoms with van der Waals surface area (Å²) < 4.78 is 5.25. The molecule has 0 aromatic carbocycles. The molecule has 0 saturated heterocycles. The average Bonchev–Trinajstić information content (AvgIpc) is 2.62. The SMILES string of the molecule is CC(C)NCc1nnc(NC(C)C(N)=O)o1. The average molecular weight is 227 g/mol. The highest BCUT2D eigenvalue weighted by Gasteiger charge is 2.12. The van der Waals surface area contributed by atoms with E-state index in [1.165, 1.54) is 0 Å². The van der Waals surface area contributed by atoms with Crippen molar-refractivity contribution < 1.29 is 9.21 Å². The van der Waals surface area contributed by atoms with E-state index in [2.05, 4.69) is 20.8 Å². The summed E-state index contributed by atoms with van der Waals surface area (Å²) in [5.41, 5.74) is 5.09. The van der Waals surface area contributed by atoms with Gasteiger partial charge in [0.15, 0.2) is 0 Å². The Labute approximate surface area is 93.8 Å². The molecule has 1 aromatic rings. The van der Waals surface area contributed by atoms with Gasteiger partial charge in [0.1, 0.15) is 6.04 Å². The molecule has 0 bridgehead atoms. The Kier molecular flexibility index (Phi) is 4.24. The molecule has 1 amide bonds. The smallest absolute Gasteiger partial charge is 0.316 e. The summed E-state index contributed by atoms with van der Waals surface area (Å²) in [4.78, 5) is 10.8. The number of hydrogen-bond acceptors (Lipinski definition) is 6. The standard InChI is InChI=1S/C9H17N5O2/c1-5(2)11-4-7-13-14-9(16-7)12-6(3)8(10)15/h5-6,11H,4H2,1-3H3,(H2,10,15)(H,12,14). The zero-order valence-corrected chi connectivity index (χ0v) is 9.65. The Balaban J connectivity index is 2.48. The zero-order valence-electron chi connectivity index (χ0n) is 9.65. The maximum absolute atomic E-state index is 10.8. The summed E-state index contributed by atoms with van der Waals surface area (Å²) in [5, 5.41) is 13.4. The van der Waals surface area contributed by atoms with E-state index in [0.29, 0.717) is 18.5 Å². The number of amides is 1. The first-order valence-corrected chi connectivity index (χ1v) is 5.10. The molecule has 0 radical (unpaired) electrons. The van der Waals surface area contributed by atoms with E-state index in [-0.39, 0.29) is 6.01 Å². The fourth-order valence-corrected chi connectivity index (χ4v) is 0.931. The lowest BCUT2D eigenvalue weighted by atomic mass is 10.3. The van der Waals surface area contributed by atoms with E-state index >= 15 is 0 Å². The minimum atomic E-state index is -0.536. The van der Waals surface area contributed by atoms with Crippen LogP contribution in [-0.4, -0.2) is 28.2 Å². The Morgan fingerprint density at radius 2 is 2.12 bits per heavy atom. The predicted molar refractivity (Wildman–Crippen MR) is 58.6 cm³/mol. The van der Waals surface area contributed by atoms with E-state index in [4.69, 9.17) is 10.2 Å². The first-order chi connectivity index (χ1) is 7.49. The van der Waals surface area contributed by atoms with Gasteiger partial charge in [-0.15, -0.1) is 5.10 Å². The highest BCUT2D eigenvalue weighted by atomic mass is 16.4. The van der Waals surface area contributed by atoms with Crippen LogP contribution in [0.3, 0.4) is 0 Å². The summed E-state index contributed by atoms with van der Waals surface area (Å²) in [7, 11) is 0. The molecule has 0 aliphatic carbocycles. The highest BCUT2D eigenvalue weighted by Crippen LogP contribution is 2.06. The van der Waals surface area contributed by atoms with E-state index in [9.17, 15) is 4.79 Å². The summed E-state index contributed by atoms with van der Waals surface area (Å²) >= 11 is 0. The van der Waals surface area contributed by atoms with Gasteiger partial charge < -0.3 is 20.8 Å². The molecule has 0 aliphatic heterocycles. The number of anilines is 1. The first-order valence-electron chi connectivity index (χ1n) is 5.10. The Bertz CT molecular complexity index is 349. The van der Waals surface area contributed by atoms with Gasteiger partial charge in [-0.2, -0.15) is 0 Å². The fraction of sp³-hybridized carbons (Fsp3) is 0.667. The van der Waals surface area contributed by atoms with Gasteiger partial charge in [0.2, 0.25) is 11.8 Å². The number of nitrogens with one attached hydrogen (secondary N) is 2. The molecule has 0 spiro atoms. The number of rotatable bonds is 6. The van der Waals surface area contributed by atoms with Crippen molar-refractivity contribution in [2.75, 3.05) is 5.32 Å². The van der Waals surface area contributed by atoms with Gasteiger partial charge in [-0.3, -0.25) is 4.79 Å². The minimum Gasteiger partial charge on any atom is -0.407 e. The van der Waals surface area contributed by atoms with Crippen LogP contribution in [0.4, 0.5) is 6.01 Å². The number of primary amides is 1. The summed E-state index contributed by atoms with van der Waals surface area (Å²) in [6, 6.07) is 0.00562. The Morgan fingerprint density at radius 1 is 1.44 bits per heavy atom. The fourth-order valence-electron chi connectivity index (χ4n) is 0.931. The van der Waals surface area contributed by atoms with Crippen LogP contribution < -0.4 is 16.4 Å². The van der Waals surface area contributed by atoms with Crippen molar-refractivity contribution in [3.8, 4) is 0 Å². The van der Waals surface area contributed by atoms with Gasteiger partial charge >= 0.3 is 6.01 Å². The topological polar surface area (TPSA) is 106 Å². The molecule has 1 atom stereocenters. The number of carbonyl (C=O) groups is 1. The van der Waals surface area contributed by atoms with Gasteiger partial charge in [-0.25, -0.2) is 0 Å². The van der Waals surface area contributed by atoms with Crippen molar-refractivity contribution in [3.63, 3.8) is 0 Å². The van der Waals surface area contributed by atoms with Crippen LogP contribution in [-0.2, 0) is 11.3 Å². The minimum absolute atomic E-state index is 0.201. The largest absolute Gasteiger partial charge is 0.407 e. The summed E-state index contributed by atoms with van der Waals surface area (Å²) in [5.74, 6) is -0.00655. The van der Waals surface area contributed by atoms with Crippen LogP contribution in [0.2, 0.25) is 0 Å². The maximum atomic E-state index is 10.8. The molecule has 4 N–H and O–H groups in total. The lowest BCUT2D eigenvalue weighted by molar-refractivity contribution is -0.118. The first kappa shape index (κ1) is 12.4. The Morgan fingerprint density at radius 3 is 2.69 bits per heavy atom. The van der Waals surface area contributed by atoms with Crippen molar-refractivity contribution in [2.24, 2.45) is 5.73 Å². The third-order valence-electron chi connectivity index (χ3n) is 1.90. The van der Waals surface area contributed by atoms with Crippen molar-refractivity contribution >= 4 is 11.9 Å². The molecule has 1 unspecified atom stereocenters. The third-order valence-corrected chi connectivity index (χ3v) is 1.90. The van der Waals surface area contributed by atoms with Crippen molar-refractivity contribution in [3.05, 3.63) is 5.89 Å². The predicted octanol–water partition coefficient (Wildman–Crippen LogP) is -0.147. The van der Waals surface area contributed by atoms with Gasteiger partial charge in [0, 0.05) is 6.04 Å². The maximum Gasteiger partial charge on any atom is 0.316 e. The number of hydrogen-bond donors (Lipinski definition) is 3. The molecule has 1 aromatic heterocycles. The monoisotopic (exact) mass is 227 g/mol. The van der Waals surface area contributed by atoms with E-state index in [0.717, 1.165) is 0 Å². The van der Waals surface area contributed by atoms with Crippen LogP contribution in [0.25, 0.3) is 0 Å². The van der Waals surface area contributed by atoms with Crippen molar-refractivity contribution in [1.82, 2.24) is 15.5 Å². The zero-order chi connectivity index (χ0) is 12.1. The highest BCUT2D eigenvalue weighted by molar-refractivity contribution is 5.81. The molecule has 1 heterocycles. The Hall–Kier alpha value is -1.63. The lowest BCUT2D eigenvalue weighted by Crippen LogP contribution is -2.32. The number of carbonyl (C=O) groups excluding carboxylic acids is 1. The quantitative estimate of drug-likeness (QED) is 0.624. The van der Waals surface area contributed by atoms with Crippen LogP contribution in [0.15, 0.2) is 4.42 Å². The molecular weight excluding hydrogens is 210 g/mol. The van der Waals surface area contributed by atoms with Gasteiger partial charge in [0.25, 0.3) is 0 Å². The van der Waals surface area contributed by atoms with Gasteiger partial charge in [-0.1, -0.05) is 18.9 Å². The third kappa shape index (κ3) is 3.85. The van der Waals surface area contributed by atoms with E-state index in [1.54, 1.807) is 6.92 Å². The van der Waals surface area contributed by atoms with Crippen LogP contribution in [0, 0.1) is 0 Å². The molecule has 0 saturated carbocycles. The molecule has 16 heavy (non-hydrogen) atoms. The summed E-state index contributed by atoms with van der Waals surface area (Å²) in [6.45, 7) is 6.16. The second-order valence-corrected chi connectivity index (χ2v) is 3.80. The molecule has 7 heteroatoms. The van der Waals surface area contributed by atoms with Crippen molar-refractivity contribution in [1.29, 1.82) is 0 Å². The molecule has 0 fully saturated rings. The van der Waals surface area contributed by atoms with Crippen LogP contribution in [0.5, 0.6) is 0 Å². The molecule has 90 valence electrons. The molecular formula is C9H17N5O2. The number of nitrogens with zero attached hydrogens (tertiary/aromatic N) is 2. The number of nitrogens with two attached hydrogens (primary N) is 1. The number of aromatic nitrogens is 2. The van der Waals surface area contributed by atoms with Crippen LogP contribution >= 0.6 is 0 Å². The second kappa shape index (κ2) is 5.45. The normalized spacial score (nSPS) is 12.8. The van der Waals surface area contributed by atoms with E-state index < -0.39 is 11.9 Å². The van der Waals surface area contributed by atoms with Crippen LogP contribution in [0.1, 0.15) is 26.7 Å².